The van der Waals surface area contributed by atoms with Crippen molar-refractivity contribution >= 4 is 0 Å². The van der Waals surface area contributed by atoms with Crippen molar-refractivity contribution in [2.24, 2.45) is 5.92 Å². The van der Waals surface area contributed by atoms with E-state index in [4.69, 9.17) is 0 Å². The molecule has 92 valence electrons. The van der Waals surface area contributed by atoms with Crippen LogP contribution in [0.5, 0.6) is 0 Å². The molecule has 2 N–H and O–H groups in total. The van der Waals surface area contributed by atoms with Crippen LogP contribution < -0.4 is 5.32 Å². The van der Waals surface area contributed by atoms with Gasteiger partial charge in [0, 0.05) is 12.0 Å². The molecular weight excluding hydrogens is 200 g/mol. The van der Waals surface area contributed by atoms with E-state index in [0.717, 1.165) is 11.6 Å². The Hall–Kier alpha value is -0.900. The molecule has 0 aliphatic rings. The van der Waals surface area contributed by atoms with Gasteiger partial charge in [-0.05, 0) is 19.8 Å². The Labute approximate surface area is 98.2 Å². The van der Waals surface area contributed by atoms with Gasteiger partial charge >= 0.3 is 0 Å². The van der Waals surface area contributed by atoms with Crippen LogP contribution in [0.2, 0.25) is 0 Å². The summed E-state index contributed by atoms with van der Waals surface area (Å²) in [6.45, 7) is 12.9. The Bertz CT molecular complexity index is 317. The Morgan fingerprint density at radius 2 is 1.69 bits per heavy atom. The molecule has 0 saturated heterocycles. The summed E-state index contributed by atoms with van der Waals surface area (Å²) >= 11 is 0. The molecule has 0 spiro atoms. The van der Waals surface area contributed by atoms with Gasteiger partial charge in [-0.25, -0.2) is 4.98 Å². The largest absolute Gasteiger partial charge is 0.305 e. The van der Waals surface area contributed by atoms with Crippen molar-refractivity contribution in [1.29, 1.82) is 0 Å². The van der Waals surface area contributed by atoms with Crippen LogP contribution in [0.3, 0.4) is 0 Å². The van der Waals surface area contributed by atoms with Gasteiger partial charge in [-0.15, -0.1) is 0 Å². The van der Waals surface area contributed by atoms with Gasteiger partial charge in [-0.1, -0.05) is 27.7 Å². The van der Waals surface area contributed by atoms with Crippen molar-refractivity contribution in [3.63, 3.8) is 0 Å². The van der Waals surface area contributed by atoms with Crippen LogP contribution in [0.4, 0.5) is 0 Å². The third-order valence-corrected chi connectivity index (χ3v) is 2.96. The lowest BCUT2D eigenvalue weighted by atomic mass is 10.1. The molecule has 4 nitrogen and oxygen atoms in total. The number of aromatic nitrogens is 3. The average Bonchev–Trinajstić information content (AvgIpc) is 2.65. The van der Waals surface area contributed by atoms with Crippen LogP contribution in [0, 0.1) is 5.92 Å². The fraction of sp³-hybridized carbons (Fsp3) is 0.833. The van der Waals surface area contributed by atoms with Crippen molar-refractivity contribution in [1.82, 2.24) is 20.5 Å². The van der Waals surface area contributed by atoms with Gasteiger partial charge < -0.3 is 5.32 Å². The molecule has 0 fully saturated rings. The van der Waals surface area contributed by atoms with E-state index < -0.39 is 0 Å². The molecule has 0 aliphatic heterocycles. The minimum absolute atomic E-state index is 0.220. The highest BCUT2D eigenvalue weighted by molar-refractivity contribution is 4.99. The Morgan fingerprint density at radius 3 is 2.12 bits per heavy atom. The normalized spacial score (nSPS) is 15.8. The number of rotatable bonds is 5. The molecular formula is C12H24N4. The standard InChI is InChI=1S/C12H24N4/c1-7(2)9(5)13-10(6)12-14-11(8(3)4)15-16-12/h7-10,13H,1-6H3,(H,14,15,16). The molecule has 16 heavy (non-hydrogen) atoms. The van der Waals surface area contributed by atoms with Crippen LogP contribution in [0.25, 0.3) is 0 Å². The zero-order chi connectivity index (χ0) is 12.3. The fourth-order valence-electron chi connectivity index (χ4n) is 1.41. The molecule has 0 bridgehead atoms. The summed E-state index contributed by atoms with van der Waals surface area (Å²) in [5.74, 6) is 2.81. The van der Waals surface area contributed by atoms with E-state index >= 15 is 0 Å². The second-order valence-corrected chi connectivity index (χ2v) is 5.15. The number of nitrogens with one attached hydrogen (secondary N) is 2. The SMILES string of the molecule is CC(C)c1n[nH]c(C(C)NC(C)C(C)C)n1. The monoisotopic (exact) mass is 224 g/mol. The van der Waals surface area contributed by atoms with Crippen LogP contribution in [0.15, 0.2) is 0 Å². The summed E-state index contributed by atoms with van der Waals surface area (Å²) in [7, 11) is 0. The van der Waals surface area contributed by atoms with E-state index in [0.29, 0.717) is 17.9 Å². The molecule has 2 atom stereocenters. The second-order valence-electron chi connectivity index (χ2n) is 5.15. The number of nitrogens with zero attached hydrogens (tertiary/aromatic N) is 2. The molecule has 1 rings (SSSR count). The van der Waals surface area contributed by atoms with Gasteiger partial charge in [0.15, 0.2) is 5.82 Å². The number of hydrogen-bond donors (Lipinski definition) is 2. The van der Waals surface area contributed by atoms with E-state index in [-0.39, 0.29) is 6.04 Å². The van der Waals surface area contributed by atoms with E-state index in [1.165, 1.54) is 0 Å². The second kappa shape index (κ2) is 5.43. The molecule has 1 aromatic heterocycles. The Balaban J connectivity index is 2.62. The van der Waals surface area contributed by atoms with Gasteiger partial charge in [0.25, 0.3) is 0 Å². The molecule has 0 saturated carbocycles. The Kier molecular flexibility index (Phi) is 4.47. The fourth-order valence-corrected chi connectivity index (χ4v) is 1.41. The molecule has 0 aliphatic carbocycles. The molecule has 0 aromatic carbocycles. The zero-order valence-electron chi connectivity index (χ0n) is 11.2. The van der Waals surface area contributed by atoms with E-state index in [2.05, 4.69) is 62.0 Å². The maximum Gasteiger partial charge on any atom is 0.153 e. The number of hydrogen-bond acceptors (Lipinski definition) is 3. The van der Waals surface area contributed by atoms with E-state index in [1.807, 2.05) is 0 Å². The molecule has 1 heterocycles. The first-order valence-corrected chi connectivity index (χ1v) is 6.10. The van der Waals surface area contributed by atoms with Gasteiger partial charge in [-0.2, -0.15) is 5.10 Å². The summed E-state index contributed by atoms with van der Waals surface area (Å²) in [6, 6.07) is 0.694. The Morgan fingerprint density at radius 1 is 1.06 bits per heavy atom. The van der Waals surface area contributed by atoms with Gasteiger partial charge in [0.2, 0.25) is 0 Å². The van der Waals surface area contributed by atoms with E-state index in [1.54, 1.807) is 0 Å². The van der Waals surface area contributed by atoms with Crippen molar-refractivity contribution in [2.75, 3.05) is 0 Å². The van der Waals surface area contributed by atoms with E-state index in [9.17, 15) is 0 Å². The van der Waals surface area contributed by atoms with Crippen molar-refractivity contribution in [3.8, 4) is 0 Å². The smallest absolute Gasteiger partial charge is 0.153 e. The van der Waals surface area contributed by atoms with Crippen LogP contribution in [-0.2, 0) is 0 Å². The maximum absolute atomic E-state index is 4.49. The lowest BCUT2D eigenvalue weighted by molar-refractivity contribution is 0.381. The van der Waals surface area contributed by atoms with Gasteiger partial charge in [0.1, 0.15) is 5.82 Å². The predicted octanol–water partition coefficient (Wildman–Crippen LogP) is 2.62. The summed E-state index contributed by atoms with van der Waals surface area (Å²) < 4.78 is 0. The molecule has 2 unspecified atom stereocenters. The number of aromatic amines is 1. The van der Waals surface area contributed by atoms with Crippen LogP contribution >= 0.6 is 0 Å². The summed E-state index contributed by atoms with van der Waals surface area (Å²) in [5.41, 5.74) is 0. The highest BCUT2D eigenvalue weighted by Gasteiger charge is 2.16. The van der Waals surface area contributed by atoms with Crippen LogP contribution in [-0.4, -0.2) is 21.2 Å². The first-order chi connectivity index (χ1) is 7.41. The van der Waals surface area contributed by atoms with Gasteiger partial charge in [0.05, 0.1) is 6.04 Å². The van der Waals surface area contributed by atoms with Crippen LogP contribution in [0.1, 0.15) is 65.2 Å². The first kappa shape index (κ1) is 13.2. The minimum atomic E-state index is 0.220. The van der Waals surface area contributed by atoms with Crippen molar-refractivity contribution in [2.45, 2.75) is 59.5 Å². The van der Waals surface area contributed by atoms with Gasteiger partial charge in [-0.3, -0.25) is 5.10 Å². The third kappa shape index (κ3) is 3.30. The topological polar surface area (TPSA) is 53.6 Å². The first-order valence-electron chi connectivity index (χ1n) is 6.10. The van der Waals surface area contributed by atoms with Crippen molar-refractivity contribution < 1.29 is 0 Å². The number of H-pyrrole nitrogens is 1. The summed E-state index contributed by atoms with van der Waals surface area (Å²) in [6.07, 6.45) is 0. The summed E-state index contributed by atoms with van der Waals surface area (Å²) in [4.78, 5) is 4.49. The molecule has 0 amide bonds. The summed E-state index contributed by atoms with van der Waals surface area (Å²) in [5, 5.41) is 10.7. The third-order valence-electron chi connectivity index (χ3n) is 2.96. The highest BCUT2D eigenvalue weighted by Crippen LogP contribution is 2.14. The quantitative estimate of drug-likeness (QED) is 0.808. The van der Waals surface area contributed by atoms with Crippen molar-refractivity contribution in [3.05, 3.63) is 11.6 Å². The molecule has 1 aromatic rings. The molecule has 4 heteroatoms. The zero-order valence-corrected chi connectivity index (χ0v) is 11.2. The highest BCUT2D eigenvalue weighted by atomic mass is 15.2. The lowest BCUT2D eigenvalue weighted by Crippen LogP contribution is -2.33. The minimum Gasteiger partial charge on any atom is -0.305 e. The molecule has 0 radical (unpaired) electrons. The predicted molar refractivity (Wildman–Crippen MR) is 66.3 cm³/mol. The maximum atomic E-state index is 4.49. The lowest BCUT2D eigenvalue weighted by Gasteiger charge is -2.21. The average molecular weight is 224 g/mol.